The van der Waals surface area contributed by atoms with E-state index in [0.29, 0.717) is 0 Å². The topological polar surface area (TPSA) is 38.5 Å². The summed E-state index contributed by atoms with van der Waals surface area (Å²) in [4.78, 5) is 2.48. The zero-order valence-electron chi connectivity index (χ0n) is 12.0. The van der Waals surface area contributed by atoms with Crippen molar-refractivity contribution in [2.24, 2.45) is 17.6 Å². The van der Waals surface area contributed by atoms with Crippen molar-refractivity contribution in [2.45, 2.75) is 45.1 Å². The Morgan fingerprint density at radius 2 is 1.88 bits per heavy atom. The van der Waals surface area contributed by atoms with Crippen molar-refractivity contribution in [1.82, 2.24) is 4.90 Å². The van der Waals surface area contributed by atoms with E-state index in [-0.39, 0.29) is 5.54 Å². The van der Waals surface area contributed by atoms with Gasteiger partial charge in [-0.15, -0.1) is 0 Å². The van der Waals surface area contributed by atoms with E-state index in [1.54, 1.807) is 7.11 Å². The van der Waals surface area contributed by atoms with Crippen LogP contribution in [0.5, 0.6) is 0 Å². The Kier molecular flexibility index (Phi) is 5.90. The smallest absolute Gasteiger partial charge is 0.0474 e. The first-order chi connectivity index (χ1) is 8.04. The van der Waals surface area contributed by atoms with Gasteiger partial charge in [-0.2, -0.15) is 0 Å². The highest BCUT2D eigenvalue weighted by atomic mass is 16.5. The molecule has 2 atom stereocenters. The third kappa shape index (κ3) is 3.94. The Morgan fingerprint density at radius 3 is 2.35 bits per heavy atom. The van der Waals surface area contributed by atoms with Gasteiger partial charge in [-0.25, -0.2) is 0 Å². The maximum Gasteiger partial charge on any atom is 0.0474 e. The lowest BCUT2D eigenvalue weighted by Crippen LogP contribution is -2.56. The third-order valence-corrected chi connectivity index (χ3v) is 4.29. The van der Waals surface area contributed by atoms with E-state index in [9.17, 15) is 0 Å². The Morgan fingerprint density at radius 1 is 1.29 bits per heavy atom. The molecule has 1 saturated carbocycles. The van der Waals surface area contributed by atoms with Crippen LogP contribution in [-0.4, -0.2) is 44.3 Å². The van der Waals surface area contributed by atoms with Crippen molar-refractivity contribution < 1.29 is 4.74 Å². The molecule has 0 spiro atoms. The van der Waals surface area contributed by atoms with Crippen molar-refractivity contribution in [3.8, 4) is 0 Å². The molecule has 0 aromatic heterocycles. The van der Waals surface area contributed by atoms with Gasteiger partial charge in [0.2, 0.25) is 0 Å². The SMILES string of the molecule is COCCCN(C)C1(CN)CC(C)CC(C)C1. The number of rotatable bonds is 6. The Labute approximate surface area is 107 Å². The number of hydrogen-bond donors (Lipinski definition) is 1. The zero-order valence-corrected chi connectivity index (χ0v) is 12.0. The van der Waals surface area contributed by atoms with Crippen LogP contribution in [-0.2, 0) is 4.74 Å². The molecule has 0 aromatic rings. The van der Waals surface area contributed by atoms with Gasteiger partial charge in [0.1, 0.15) is 0 Å². The Bertz CT molecular complexity index is 210. The maximum absolute atomic E-state index is 6.09. The van der Waals surface area contributed by atoms with E-state index in [2.05, 4.69) is 25.8 Å². The van der Waals surface area contributed by atoms with Crippen LogP contribution in [0.2, 0.25) is 0 Å². The zero-order chi connectivity index (χ0) is 12.9. The molecule has 0 heterocycles. The van der Waals surface area contributed by atoms with Crippen LogP contribution in [0.3, 0.4) is 0 Å². The molecule has 0 saturated heterocycles. The molecule has 2 unspecified atom stereocenters. The summed E-state index contributed by atoms with van der Waals surface area (Å²) in [6.07, 6.45) is 4.94. The molecule has 1 aliphatic rings. The summed E-state index contributed by atoms with van der Waals surface area (Å²) in [6.45, 7) is 7.44. The predicted octanol–water partition coefficient (Wildman–Crippen LogP) is 2.11. The summed E-state index contributed by atoms with van der Waals surface area (Å²) >= 11 is 0. The number of nitrogens with zero attached hydrogens (tertiary/aromatic N) is 1. The van der Waals surface area contributed by atoms with Gasteiger partial charge in [0.05, 0.1) is 0 Å². The van der Waals surface area contributed by atoms with Crippen molar-refractivity contribution in [1.29, 1.82) is 0 Å². The molecule has 0 bridgehead atoms. The maximum atomic E-state index is 6.09. The predicted molar refractivity (Wildman–Crippen MR) is 73.1 cm³/mol. The van der Waals surface area contributed by atoms with E-state index >= 15 is 0 Å². The van der Waals surface area contributed by atoms with Gasteiger partial charge in [-0.05, 0) is 44.6 Å². The Hall–Kier alpha value is -0.120. The molecule has 3 heteroatoms. The number of methoxy groups -OCH3 is 1. The van der Waals surface area contributed by atoms with Crippen LogP contribution in [0.4, 0.5) is 0 Å². The molecular weight excluding hydrogens is 212 g/mol. The highest BCUT2D eigenvalue weighted by Gasteiger charge is 2.39. The van der Waals surface area contributed by atoms with E-state index < -0.39 is 0 Å². The number of ether oxygens (including phenoxy) is 1. The molecule has 2 N–H and O–H groups in total. The van der Waals surface area contributed by atoms with Gasteiger partial charge in [0.15, 0.2) is 0 Å². The minimum atomic E-state index is 0.227. The minimum Gasteiger partial charge on any atom is -0.385 e. The number of likely N-dealkylation sites (N-methyl/N-ethyl adjacent to an activating group) is 1. The lowest BCUT2D eigenvalue weighted by Gasteiger charge is -2.48. The molecule has 0 aromatic carbocycles. The summed E-state index contributed by atoms with van der Waals surface area (Å²) in [5.74, 6) is 1.60. The quantitative estimate of drug-likeness (QED) is 0.725. The van der Waals surface area contributed by atoms with Crippen molar-refractivity contribution in [2.75, 3.05) is 33.9 Å². The van der Waals surface area contributed by atoms with Gasteiger partial charge in [0, 0.05) is 32.3 Å². The lowest BCUT2D eigenvalue weighted by atomic mass is 9.71. The summed E-state index contributed by atoms with van der Waals surface area (Å²) in [5.41, 5.74) is 6.32. The van der Waals surface area contributed by atoms with Crippen molar-refractivity contribution in [3.05, 3.63) is 0 Å². The second-order valence-electron chi connectivity index (χ2n) is 6.05. The molecule has 17 heavy (non-hydrogen) atoms. The van der Waals surface area contributed by atoms with Gasteiger partial charge in [-0.3, -0.25) is 4.90 Å². The fourth-order valence-corrected chi connectivity index (χ4v) is 3.55. The normalized spacial score (nSPS) is 34.2. The molecule has 0 amide bonds. The minimum absolute atomic E-state index is 0.227. The highest BCUT2D eigenvalue weighted by Crippen LogP contribution is 2.38. The van der Waals surface area contributed by atoms with Crippen LogP contribution in [0.25, 0.3) is 0 Å². The Balaban J connectivity index is 2.59. The summed E-state index contributed by atoms with van der Waals surface area (Å²) in [5, 5.41) is 0. The fraction of sp³-hybridized carbons (Fsp3) is 1.00. The average molecular weight is 242 g/mol. The van der Waals surface area contributed by atoms with Gasteiger partial charge >= 0.3 is 0 Å². The van der Waals surface area contributed by atoms with Crippen molar-refractivity contribution in [3.63, 3.8) is 0 Å². The molecule has 1 rings (SSSR count). The first kappa shape index (κ1) is 14.9. The van der Waals surface area contributed by atoms with Gasteiger partial charge in [-0.1, -0.05) is 13.8 Å². The molecule has 1 fully saturated rings. The van der Waals surface area contributed by atoms with Gasteiger partial charge < -0.3 is 10.5 Å². The van der Waals surface area contributed by atoms with Crippen LogP contribution < -0.4 is 5.73 Å². The fourth-order valence-electron chi connectivity index (χ4n) is 3.55. The number of nitrogens with two attached hydrogens (primary N) is 1. The monoisotopic (exact) mass is 242 g/mol. The average Bonchev–Trinajstić information content (AvgIpc) is 2.27. The standard InChI is InChI=1S/C14H30N2O/c1-12-8-13(2)10-14(9-12,11-15)16(3)6-5-7-17-4/h12-13H,5-11,15H2,1-4H3. The number of hydrogen-bond acceptors (Lipinski definition) is 3. The van der Waals surface area contributed by atoms with Crippen LogP contribution in [0.1, 0.15) is 39.5 Å². The largest absolute Gasteiger partial charge is 0.385 e. The second-order valence-corrected chi connectivity index (χ2v) is 6.05. The van der Waals surface area contributed by atoms with E-state index in [1.165, 1.54) is 19.3 Å². The van der Waals surface area contributed by atoms with Crippen LogP contribution >= 0.6 is 0 Å². The summed E-state index contributed by atoms with van der Waals surface area (Å²) < 4.78 is 5.13. The third-order valence-electron chi connectivity index (χ3n) is 4.29. The molecule has 102 valence electrons. The first-order valence-electron chi connectivity index (χ1n) is 6.94. The highest BCUT2D eigenvalue weighted by molar-refractivity contribution is 4.96. The molecule has 0 radical (unpaired) electrons. The van der Waals surface area contributed by atoms with Crippen molar-refractivity contribution >= 4 is 0 Å². The van der Waals surface area contributed by atoms with E-state index in [1.807, 2.05) is 0 Å². The molecule has 3 nitrogen and oxygen atoms in total. The molecular formula is C14H30N2O. The van der Waals surface area contributed by atoms with Crippen LogP contribution in [0.15, 0.2) is 0 Å². The van der Waals surface area contributed by atoms with Gasteiger partial charge in [0.25, 0.3) is 0 Å². The first-order valence-corrected chi connectivity index (χ1v) is 6.94. The second kappa shape index (κ2) is 6.72. The lowest BCUT2D eigenvalue weighted by molar-refractivity contribution is 0.0332. The molecule has 1 aliphatic carbocycles. The van der Waals surface area contributed by atoms with E-state index in [4.69, 9.17) is 10.5 Å². The summed E-state index contributed by atoms with van der Waals surface area (Å²) in [6, 6.07) is 0. The van der Waals surface area contributed by atoms with Crippen LogP contribution in [0, 0.1) is 11.8 Å². The van der Waals surface area contributed by atoms with E-state index in [0.717, 1.165) is 38.0 Å². The summed E-state index contributed by atoms with van der Waals surface area (Å²) in [7, 11) is 4.00. The molecule has 0 aliphatic heterocycles.